The number of nitrogens with two attached hydrogens (primary N) is 1. The van der Waals surface area contributed by atoms with Gasteiger partial charge < -0.3 is 10.5 Å². The number of hydrogen-bond acceptors (Lipinski definition) is 3. The monoisotopic (exact) mass is 413 g/mol. The molecule has 0 aliphatic carbocycles. The van der Waals surface area contributed by atoms with Gasteiger partial charge in [-0.15, -0.1) is 11.8 Å². The molecule has 0 atom stereocenters. The van der Waals surface area contributed by atoms with E-state index in [1.54, 1.807) is 11.8 Å². The van der Waals surface area contributed by atoms with Gasteiger partial charge in [0.05, 0.1) is 6.61 Å². The maximum absolute atomic E-state index is 6.04. The zero-order valence-electron chi connectivity index (χ0n) is 10.7. The minimum atomic E-state index is 0.782. The summed E-state index contributed by atoms with van der Waals surface area (Å²) in [6.07, 6.45) is 0.993. The van der Waals surface area contributed by atoms with Crippen LogP contribution in [0.3, 0.4) is 0 Å². The van der Waals surface area contributed by atoms with Crippen LogP contribution in [0.15, 0.2) is 44.2 Å². The van der Waals surface area contributed by atoms with E-state index >= 15 is 0 Å². The molecule has 0 unspecified atom stereocenters. The molecule has 0 saturated heterocycles. The fourth-order valence-electron chi connectivity index (χ4n) is 2.26. The van der Waals surface area contributed by atoms with E-state index in [0.717, 1.165) is 44.1 Å². The molecule has 20 heavy (non-hydrogen) atoms. The summed E-state index contributed by atoms with van der Waals surface area (Å²) in [5.74, 6) is 1.91. The Bertz CT molecular complexity index is 661. The van der Waals surface area contributed by atoms with Crippen LogP contribution in [0.4, 0.5) is 5.69 Å². The highest BCUT2D eigenvalue weighted by atomic mass is 79.9. The van der Waals surface area contributed by atoms with Crippen molar-refractivity contribution in [2.24, 2.45) is 0 Å². The molecule has 2 N–H and O–H groups in total. The van der Waals surface area contributed by atoms with Gasteiger partial charge in [0.2, 0.25) is 0 Å². The molecule has 1 heterocycles. The highest BCUT2D eigenvalue weighted by molar-refractivity contribution is 9.10. The third-order valence-electron chi connectivity index (χ3n) is 3.18. The largest absolute Gasteiger partial charge is 0.493 e. The van der Waals surface area contributed by atoms with Crippen LogP contribution in [-0.4, -0.2) is 6.61 Å². The Balaban J connectivity index is 1.82. The molecule has 0 aromatic heterocycles. The molecule has 104 valence electrons. The summed E-state index contributed by atoms with van der Waals surface area (Å²) in [5.41, 5.74) is 9.35. The first-order valence-corrected chi connectivity index (χ1v) is 8.82. The van der Waals surface area contributed by atoms with E-state index < -0.39 is 0 Å². The van der Waals surface area contributed by atoms with Gasteiger partial charge in [0.1, 0.15) is 5.75 Å². The summed E-state index contributed by atoms with van der Waals surface area (Å²) in [5, 5.41) is 0. The molecule has 2 aromatic rings. The molecule has 0 bridgehead atoms. The lowest BCUT2D eigenvalue weighted by atomic mass is 10.1. The molecule has 5 heteroatoms. The summed E-state index contributed by atoms with van der Waals surface area (Å²) in [6, 6.07) is 10.3. The van der Waals surface area contributed by atoms with Crippen LogP contribution in [0.1, 0.15) is 11.1 Å². The number of thioether (sulfide) groups is 1. The lowest BCUT2D eigenvalue weighted by molar-refractivity contribution is 0.354. The molecule has 0 fully saturated rings. The van der Waals surface area contributed by atoms with Gasteiger partial charge in [-0.05, 0) is 35.9 Å². The van der Waals surface area contributed by atoms with Crippen molar-refractivity contribution in [3.05, 3.63) is 50.4 Å². The molecule has 1 aliphatic rings. The second kappa shape index (κ2) is 6.00. The Morgan fingerprint density at radius 3 is 2.80 bits per heavy atom. The molecule has 3 rings (SSSR count). The summed E-state index contributed by atoms with van der Waals surface area (Å²) in [7, 11) is 0. The Labute approximate surface area is 139 Å². The average molecular weight is 415 g/mol. The first-order chi connectivity index (χ1) is 9.63. The predicted octanol–water partition coefficient (Wildman–Crippen LogP) is 5.02. The van der Waals surface area contributed by atoms with Gasteiger partial charge in [-0.25, -0.2) is 0 Å². The fraction of sp³-hybridized carbons (Fsp3) is 0.200. The highest BCUT2D eigenvalue weighted by Crippen LogP contribution is 2.38. The molecule has 2 aromatic carbocycles. The maximum Gasteiger partial charge on any atom is 0.126 e. The second-order valence-electron chi connectivity index (χ2n) is 4.62. The molecular weight excluding hydrogens is 402 g/mol. The fourth-order valence-corrected chi connectivity index (χ4v) is 4.11. The van der Waals surface area contributed by atoms with Gasteiger partial charge in [0.25, 0.3) is 0 Å². The van der Waals surface area contributed by atoms with Crippen molar-refractivity contribution >= 4 is 49.3 Å². The smallest absolute Gasteiger partial charge is 0.126 e. The van der Waals surface area contributed by atoms with E-state index in [-0.39, 0.29) is 0 Å². The van der Waals surface area contributed by atoms with Gasteiger partial charge in [-0.2, -0.15) is 0 Å². The second-order valence-corrected chi connectivity index (χ2v) is 7.47. The van der Waals surface area contributed by atoms with E-state index in [4.69, 9.17) is 10.5 Å². The third kappa shape index (κ3) is 3.00. The predicted molar refractivity (Wildman–Crippen MR) is 91.5 cm³/mol. The summed E-state index contributed by atoms with van der Waals surface area (Å²) >= 11 is 8.73. The molecular formula is C15H13Br2NOS. The maximum atomic E-state index is 6.04. The zero-order chi connectivity index (χ0) is 14.1. The molecule has 0 spiro atoms. The van der Waals surface area contributed by atoms with Crippen molar-refractivity contribution in [2.45, 2.75) is 17.1 Å². The van der Waals surface area contributed by atoms with Crippen LogP contribution in [0.25, 0.3) is 0 Å². The number of halogens is 2. The van der Waals surface area contributed by atoms with Crippen molar-refractivity contribution in [3.63, 3.8) is 0 Å². The zero-order valence-corrected chi connectivity index (χ0v) is 14.6. The van der Waals surface area contributed by atoms with Crippen LogP contribution >= 0.6 is 43.6 Å². The number of hydrogen-bond donors (Lipinski definition) is 1. The van der Waals surface area contributed by atoms with Crippen LogP contribution in [0.5, 0.6) is 5.75 Å². The van der Waals surface area contributed by atoms with E-state index in [2.05, 4.69) is 44.0 Å². The number of anilines is 1. The first kappa shape index (κ1) is 14.3. The van der Waals surface area contributed by atoms with Crippen LogP contribution in [-0.2, 0) is 12.2 Å². The summed E-state index contributed by atoms with van der Waals surface area (Å²) in [4.78, 5) is 1.10. The highest BCUT2D eigenvalue weighted by Gasteiger charge is 2.17. The Kier molecular flexibility index (Phi) is 4.29. The van der Waals surface area contributed by atoms with Crippen molar-refractivity contribution in [3.8, 4) is 5.75 Å². The summed E-state index contributed by atoms with van der Waals surface area (Å²) < 4.78 is 7.87. The molecule has 1 aliphatic heterocycles. The van der Waals surface area contributed by atoms with Crippen molar-refractivity contribution in [1.29, 1.82) is 0 Å². The normalized spacial score (nSPS) is 13.1. The van der Waals surface area contributed by atoms with Crippen molar-refractivity contribution in [1.82, 2.24) is 0 Å². The van der Waals surface area contributed by atoms with Crippen molar-refractivity contribution in [2.75, 3.05) is 12.3 Å². The van der Waals surface area contributed by atoms with Crippen LogP contribution in [0, 0.1) is 0 Å². The van der Waals surface area contributed by atoms with Gasteiger partial charge in [-0.1, -0.05) is 31.9 Å². The molecule has 0 radical (unpaired) electrons. The first-order valence-electron chi connectivity index (χ1n) is 6.25. The van der Waals surface area contributed by atoms with Gasteiger partial charge in [-0.3, -0.25) is 0 Å². The SMILES string of the molecule is Nc1cc(Br)ccc1SCc1cc(Br)cc2c1OCC2. The van der Waals surface area contributed by atoms with Gasteiger partial charge in [0, 0.05) is 37.3 Å². The average Bonchev–Trinajstić information content (AvgIpc) is 2.85. The van der Waals surface area contributed by atoms with E-state index in [1.165, 1.54) is 11.1 Å². The lowest BCUT2D eigenvalue weighted by Gasteiger charge is -2.10. The summed E-state index contributed by atoms with van der Waals surface area (Å²) in [6.45, 7) is 0.782. The number of ether oxygens (including phenoxy) is 1. The lowest BCUT2D eigenvalue weighted by Crippen LogP contribution is -1.92. The number of rotatable bonds is 3. The quantitative estimate of drug-likeness (QED) is 0.565. The van der Waals surface area contributed by atoms with E-state index in [9.17, 15) is 0 Å². The van der Waals surface area contributed by atoms with E-state index in [1.807, 2.05) is 18.2 Å². The molecule has 2 nitrogen and oxygen atoms in total. The molecule has 0 saturated carbocycles. The number of benzene rings is 2. The van der Waals surface area contributed by atoms with Crippen LogP contribution < -0.4 is 10.5 Å². The Hall–Kier alpha value is -0.650. The Morgan fingerprint density at radius 2 is 2.00 bits per heavy atom. The van der Waals surface area contributed by atoms with Crippen molar-refractivity contribution < 1.29 is 4.74 Å². The third-order valence-corrected chi connectivity index (χ3v) is 5.27. The topological polar surface area (TPSA) is 35.2 Å². The standard InChI is InChI=1S/C15H13Br2NOS/c16-11-1-2-14(13(18)7-11)20-8-10-6-12(17)5-9-3-4-19-15(9)10/h1-2,5-7H,3-4,8,18H2. The molecule has 0 amide bonds. The minimum absolute atomic E-state index is 0.782. The number of nitrogen functional groups attached to an aromatic ring is 1. The number of fused-ring (bicyclic) bond motifs is 1. The minimum Gasteiger partial charge on any atom is -0.493 e. The van der Waals surface area contributed by atoms with E-state index in [0.29, 0.717) is 0 Å². The Morgan fingerprint density at radius 1 is 1.15 bits per heavy atom. The van der Waals surface area contributed by atoms with Gasteiger partial charge >= 0.3 is 0 Å². The van der Waals surface area contributed by atoms with Crippen LogP contribution in [0.2, 0.25) is 0 Å². The van der Waals surface area contributed by atoms with Gasteiger partial charge in [0.15, 0.2) is 0 Å².